The first kappa shape index (κ1) is 87.1. The maximum absolute atomic E-state index is 14.6. The predicted molar refractivity (Wildman–Crippen MR) is 411 cm³/mol. The van der Waals surface area contributed by atoms with Crippen molar-refractivity contribution in [1.29, 1.82) is 0 Å². The molecule has 3 unspecified atom stereocenters. The highest BCUT2D eigenvalue weighted by molar-refractivity contribution is 9.10. The van der Waals surface area contributed by atoms with Crippen LogP contribution in [0.2, 0.25) is 15.1 Å². The van der Waals surface area contributed by atoms with Crippen molar-refractivity contribution in [2.75, 3.05) is 59.6 Å². The molecule has 0 radical (unpaired) electrons. The van der Waals surface area contributed by atoms with Crippen LogP contribution in [0.25, 0.3) is 0 Å². The normalized spacial score (nSPS) is 22.2. The highest BCUT2D eigenvalue weighted by Crippen LogP contribution is 2.45. The molecular weight excluding hydrogens is 1680 g/mol. The van der Waals surface area contributed by atoms with E-state index in [4.69, 9.17) is 59.0 Å². The number of esters is 3. The molecule has 9 heterocycles. The van der Waals surface area contributed by atoms with Gasteiger partial charge in [-0.15, -0.1) is 34.0 Å². The molecule has 6 aromatic rings. The number of methoxy groups -OCH3 is 1. The maximum atomic E-state index is 14.6. The molecule has 39 heteroatoms. The molecule has 3 saturated heterocycles. The summed E-state index contributed by atoms with van der Waals surface area (Å²) in [5.41, 5.74) is 2.36. The van der Waals surface area contributed by atoms with Crippen LogP contribution < -0.4 is 16.0 Å². The molecule has 6 aliphatic heterocycles. The molecule has 6 N–H and O–H groups in total. The Bertz CT molecular complexity index is 4720. The number of rotatable bonds is 26. The number of hydrogen-bond donors (Lipinski definition) is 6. The number of thiazole rings is 3. The van der Waals surface area contributed by atoms with Crippen LogP contribution in [0.3, 0.4) is 0 Å². The molecule has 12 rings (SSSR count). The first-order valence-electron chi connectivity index (χ1n) is 35.2. The zero-order valence-corrected chi connectivity index (χ0v) is 67.4. The number of aromatic nitrogens is 3. The van der Waals surface area contributed by atoms with Crippen molar-refractivity contribution >= 4 is 138 Å². The number of hydrogen-bond acceptors (Lipinski definition) is 24. The van der Waals surface area contributed by atoms with Crippen molar-refractivity contribution in [3.05, 3.63) is 186 Å². The third kappa shape index (κ3) is 21.8. The predicted octanol–water partition coefficient (Wildman–Crippen LogP) is 14.2. The lowest BCUT2D eigenvalue weighted by molar-refractivity contribution is -0.142. The van der Waals surface area contributed by atoms with Gasteiger partial charge in [0.15, 0.2) is 32.5 Å². The van der Waals surface area contributed by atoms with Crippen molar-refractivity contribution in [2.45, 2.75) is 127 Å². The lowest BCUT2D eigenvalue weighted by atomic mass is 9.93. The summed E-state index contributed by atoms with van der Waals surface area (Å²) in [5, 5.41) is 44.7. The Morgan fingerprint density at radius 2 is 0.938 bits per heavy atom. The van der Waals surface area contributed by atoms with Gasteiger partial charge in [0.2, 0.25) is 0 Å². The largest absolute Gasteiger partial charge is 0.481 e. The lowest BCUT2D eigenvalue weighted by Gasteiger charge is -2.33. The van der Waals surface area contributed by atoms with Crippen molar-refractivity contribution in [1.82, 2.24) is 45.6 Å². The zero-order chi connectivity index (χ0) is 82.1. The van der Waals surface area contributed by atoms with Gasteiger partial charge in [-0.3, -0.25) is 44.1 Å². The standard InChI is InChI=1S/C25H26BrF3N4O4S.C25H26Cl2F2N4O4S.C24H24ClF3N4O4S/c1-3-37-24(36)20-17(11-33-12-25(28,29)10-18(33)13(2)8-19(34)35)31-22(23-30-6-7-38-23)32-21(20)15-5-4-14(27)9-16(15)26;1-3-37-24(36)19-18(11-33-12-25(28,29)10-15(33)8-13(2)23(34)35)31-21(22-30-6-7-38-22)32-20(19)16-5-4-14(26)9-17(16)27;1-12(22(33)34)7-14-9-24(27,28)11-32(14)10-17-18(23(35)36-2)19(15-4-3-13(26)8-16(15)25)31-20(30-17)21-29-5-6-37-21/h4-7,9,13,18,21H,3,8,10-12H2,1-2H3,(H,31,32)(H,34,35);4-7,9,13,15,20H,3,8,10-12H2,1-2H3,(H,31,32)(H,34,35);3-6,8,12,14,19H,7,9-11H2,1-2H3,(H,30,31)(H,33,34)/t13?,18-,21+;13?,15-,20-;12?,14-,19-/m100/s1. The molecule has 3 aromatic carbocycles. The summed E-state index contributed by atoms with van der Waals surface area (Å²) in [6.45, 7) is 5.90. The average Bonchev–Trinajstić information content (AvgIpc) is 1.73. The summed E-state index contributed by atoms with van der Waals surface area (Å²) in [6, 6.07) is 7.38. The number of aliphatic carboxylic acids is 3. The summed E-state index contributed by atoms with van der Waals surface area (Å²) in [6.07, 6.45) is 3.03. The fourth-order valence-corrected chi connectivity index (χ4v) is 17.2. The highest BCUT2D eigenvalue weighted by Gasteiger charge is 2.51. The van der Waals surface area contributed by atoms with Gasteiger partial charge in [0.05, 0.1) is 68.5 Å². The summed E-state index contributed by atoms with van der Waals surface area (Å²) in [4.78, 5) is 105. The Morgan fingerprint density at radius 3 is 1.32 bits per heavy atom. The fraction of sp³-hybridized carbons (Fsp3) is 0.432. The summed E-state index contributed by atoms with van der Waals surface area (Å²) < 4.78 is 131. The minimum absolute atomic E-state index is 0.00636. The van der Waals surface area contributed by atoms with Crippen LogP contribution in [0.15, 0.2) is 143 Å². The number of ether oxygens (including phenoxy) is 3. The van der Waals surface area contributed by atoms with Crippen LogP contribution in [0.5, 0.6) is 0 Å². The van der Waals surface area contributed by atoms with E-state index < -0.39 is 158 Å². The third-order valence-electron chi connectivity index (χ3n) is 19.2. The number of nitrogens with zero attached hydrogens (tertiary/aromatic N) is 9. The second-order valence-electron chi connectivity index (χ2n) is 27.4. The smallest absolute Gasteiger partial charge is 0.338 e. The summed E-state index contributed by atoms with van der Waals surface area (Å²) in [5.74, 6) is -16.7. The topological polar surface area (TPSA) is 312 Å². The van der Waals surface area contributed by atoms with Gasteiger partial charge in [0.25, 0.3) is 17.8 Å². The molecule has 0 amide bonds. The Labute approximate surface area is 678 Å². The number of nitrogens with one attached hydrogen (secondary N) is 3. The zero-order valence-electron chi connectivity index (χ0n) is 61.1. The van der Waals surface area contributed by atoms with E-state index in [-0.39, 0.29) is 96.1 Å². The number of likely N-dealkylation sites (tertiary alicyclic amines) is 3. The molecule has 3 fully saturated rings. The van der Waals surface area contributed by atoms with Crippen LogP contribution in [-0.2, 0) is 43.0 Å². The lowest BCUT2D eigenvalue weighted by Crippen LogP contribution is -2.43. The molecule has 0 saturated carbocycles. The average molecular weight is 1760 g/mol. The van der Waals surface area contributed by atoms with Crippen LogP contribution in [0.1, 0.15) is 123 Å². The molecule has 0 spiro atoms. The number of benzene rings is 3. The Hall–Kier alpha value is -8.33. The van der Waals surface area contributed by atoms with E-state index in [1.165, 1.54) is 106 Å². The van der Waals surface area contributed by atoms with Crippen LogP contribution in [0, 0.1) is 29.4 Å². The third-order valence-corrected chi connectivity index (χ3v) is 23.1. The fourth-order valence-electron chi connectivity index (χ4n) is 14.1. The van der Waals surface area contributed by atoms with Crippen molar-refractivity contribution in [3.63, 3.8) is 0 Å². The van der Waals surface area contributed by atoms with Gasteiger partial charge in [-0.2, -0.15) is 0 Å². The Balaban J connectivity index is 0.000000180. The monoisotopic (exact) mass is 1760 g/mol. The van der Waals surface area contributed by atoms with E-state index in [1.807, 2.05) is 0 Å². The number of carbonyl (C=O) groups is 6. The van der Waals surface area contributed by atoms with E-state index in [1.54, 1.807) is 67.6 Å². The maximum Gasteiger partial charge on any atom is 0.338 e. The van der Waals surface area contributed by atoms with E-state index >= 15 is 0 Å². The van der Waals surface area contributed by atoms with Gasteiger partial charge in [0, 0.05) is 146 Å². The Kier molecular flexibility index (Phi) is 28.9. The van der Waals surface area contributed by atoms with Gasteiger partial charge in [0.1, 0.15) is 29.8 Å². The number of aliphatic imine (C=N–C) groups is 3. The summed E-state index contributed by atoms with van der Waals surface area (Å²) >= 11 is 26.2. The molecule has 3 aromatic heterocycles. The number of amidine groups is 3. The van der Waals surface area contributed by atoms with Crippen molar-refractivity contribution in [2.24, 2.45) is 32.7 Å². The molecular formula is C74H76BrCl3F8N12O12S3. The number of carboxylic acids is 3. The van der Waals surface area contributed by atoms with Gasteiger partial charge < -0.3 is 45.5 Å². The second-order valence-corrected chi connectivity index (χ2v) is 32.2. The molecule has 0 aliphatic carbocycles. The minimum Gasteiger partial charge on any atom is -0.481 e. The molecule has 606 valence electrons. The number of halogens is 12. The van der Waals surface area contributed by atoms with Gasteiger partial charge in [-0.05, 0) is 74.6 Å². The van der Waals surface area contributed by atoms with Gasteiger partial charge in [-0.1, -0.05) is 89.7 Å². The SMILES string of the molecule is CCOC(=O)C1=C(CN2CC(F)(F)C[C@@H]2C(C)CC(=O)O)NC(c2nccs2)=N[C@H]1c1ccc(F)cc1Br.CCOC(=O)C1=C(CN2CC(F)(F)C[C@@H]2CC(C)C(=O)O)NC(c2nccs2)=N[C@H]1c1ccc(Cl)cc1Cl.COC(=O)C1=C(CN2CC(F)(F)C[C@@H]2CC(C)C(=O)O)NC(c2nccs2)=N[C@H]1c1ccc(F)cc1Cl. The van der Waals surface area contributed by atoms with Crippen LogP contribution in [0.4, 0.5) is 35.1 Å². The second kappa shape index (κ2) is 37.5. The van der Waals surface area contributed by atoms with Crippen LogP contribution >= 0.6 is 84.7 Å². The molecule has 0 bridgehead atoms. The molecule has 113 heavy (non-hydrogen) atoms. The van der Waals surface area contributed by atoms with Crippen molar-refractivity contribution < 1.29 is 93.4 Å². The molecule has 9 atom stereocenters. The Morgan fingerprint density at radius 1 is 0.558 bits per heavy atom. The summed E-state index contributed by atoms with van der Waals surface area (Å²) in [7, 11) is 1.18. The number of alkyl halides is 6. The van der Waals surface area contributed by atoms with Gasteiger partial charge >= 0.3 is 35.8 Å². The van der Waals surface area contributed by atoms with E-state index in [9.17, 15) is 79.2 Å². The van der Waals surface area contributed by atoms with Gasteiger partial charge in [-0.25, -0.2) is 64.5 Å². The first-order chi connectivity index (χ1) is 53.5. The van der Waals surface area contributed by atoms with E-state index in [0.29, 0.717) is 58.6 Å². The number of carboxylic acid groups (broad SMARTS) is 3. The minimum atomic E-state index is -3.03. The number of carbonyl (C=O) groups excluding carboxylic acids is 3. The quantitative estimate of drug-likeness (QED) is 0.0167. The van der Waals surface area contributed by atoms with E-state index in [2.05, 4.69) is 51.8 Å². The van der Waals surface area contributed by atoms with Crippen LogP contribution in [-0.4, -0.2) is 194 Å². The molecule has 6 aliphatic rings. The van der Waals surface area contributed by atoms with E-state index in [0.717, 1.165) is 6.07 Å². The van der Waals surface area contributed by atoms with Crippen molar-refractivity contribution in [3.8, 4) is 0 Å². The first-order valence-corrected chi connectivity index (χ1v) is 39.8. The molecule has 24 nitrogen and oxygen atoms in total. The highest BCUT2D eigenvalue weighted by atomic mass is 79.9.